The second kappa shape index (κ2) is 17.6. The van der Waals surface area contributed by atoms with Crippen molar-refractivity contribution in [3.05, 3.63) is 29.8 Å². The summed E-state index contributed by atoms with van der Waals surface area (Å²) in [7, 11) is 0. The summed E-state index contributed by atoms with van der Waals surface area (Å²) in [4.78, 5) is 12.5. The summed E-state index contributed by atoms with van der Waals surface area (Å²) in [5.74, 6) is 0.700. The Bertz CT molecular complexity index is 501. The molecule has 3 heteroatoms. The number of hydrogen-bond donors (Lipinski definition) is 1. The van der Waals surface area contributed by atoms with Crippen LogP contribution >= 0.6 is 0 Å². The van der Waals surface area contributed by atoms with Gasteiger partial charge in [-0.3, -0.25) is 4.79 Å². The van der Waals surface area contributed by atoms with Gasteiger partial charge in [-0.25, -0.2) is 0 Å². The van der Waals surface area contributed by atoms with Crippen LogP contribution in [0.1, 0.15) is 114 Å². The zero-order valence-electron chi connectivity index (χ0n) is 18.4. The average molecular weight is 390 g/mol. The SMILES string of the molecule is CCCCCCCCCCNC(=O)c1ccccc1OCCCCCCCC. The molecule has 0 radical (unpaired) electrons. The summed E-state index contributed by atoms with van der Waals surface area (Å²) in [6.45, 7) is 5.92. The quantitative estimate of drug-likeness (QED) is 0.268. The molecule has 1 aromatic carbocycles. The van der Waals surface area contributed by atoms with E-state index in [2.05, 4.69) is 19.2 Å². The third kappa shape index (κ3) is 12.0. The largest absolute Gasteiger partial charge is 0.493 e. The van der Waals surface area contributed by atoms with Crippen molar-refractivity contribution in [1.29, 1.82) is 0 Å². The Labute approximate surface area is 173 Å². The first-order valence-electron chi connectivity index (χ1n) is 11.8. The summed E-state index contributed by atoms with van der Waals surface area (Å²) >= 11 is 0. The molecule has 1 aromatic rings. The lowest BCUT2D eigenvalue weighted by molar-refractivity contribution is 0.0948. The predicted octanol–water partition coefficient (Wildman–Crippen LogP) is 7.30. The number of rotatable bonds is 18. The molecule has 0 atom stereocenters. The first-order valence-corrected chi connectivity index (χ1v) is 11.8. The molecule has 0 spiro atoms. The van der Waals surface area contributed by atoms with Crippen LogP contribution in [-0.2, 0) is 0 Å². The Morgan fingerprint density at radius 3 is 1.93 bits per heavy atom. The van der Waals surface area contributed by atoms with Gasteiger partial charge in [0.25, 0.3) is 5.91 Å². The lowest BCUT2D eigenvalue weighted by Gasteiger charge is -2.12. The van der Waals surface area contributed by atoms with Crippen LogP contribution in [0.15, 0.2) is 24.3 Å². The molecule has 0 aliphatic rings. The van der Waals surface area contributed by atoms with Crippen molar-refractivity contribution in [2.45, 2.75) is 104 Å². The molecule has 0 fully saturated rings. The molecule has 1 N–H and O–H groups in total. The Hall–Kier alpha value is -1.51. The molecule has 28 heavy (non-hydrogen) atoms. The van der Waals surface area contributed by atoms with Crippen molar-refractivity contribution < 1.29 is 9.53 Å². The number of ether oxygens (including phenoxy) is 1. The Kier molecular flexibility index (Phi) is 15.4. The van der Waals surface area contributed by atoms with Crippen molar-refractivity contribution >= 4 is 5.91 Å². The standard InChI is InChI=1S/C25H43NO2/c1-3-5-7-9-11-12-13-17-21-26-25(27)23-19-15-16-20-24(23)28-22-18-14-10-8-6-4-2/h15-16,19-20H,3-14,17-18,21-22H2,1-2H3,(H,26,27). The van der Waals surface area contributed by atoms with Crippen molar-refractivity contribution in [2.24, 2.45) is 0 Å². The van der Waals surface area contributed by atoms with Gasteiger partial charge in [-0.05, 0) is 25.0 Å². The zero-order chi connectivity index (χ0) is 20.3. The molecule has 1 rings (SSSR count). The van der Waals surface area contributed by atoms with Gasteiger partial charge in [0.1, 0.15) is 5.75 Å². The molecule has 0 bridgehead atoms. The van der Waals surface area contributed by atoms with Crippen LogP contribution in [0.4, 0.5) is 0 Å². The van der Waals surface area contributed by atoms with Crippen molar-refractivity contribution in [3.63, 3.8) is 0 Å². The van der Waals surface area contributed by atoms with Crippen LogP contribution in [0.5, 0.6) is 5.75 Å². The normalized spacial score (nSPS) is 10.8. The maximum Gasteiger partial charge on any atom is 0.255 e. The maximum atomic E-state index is 12.5. The highest BCUT2D eigenvalue weighted by molar-refractivity contribution is 5.96. The van der Waals surface area contributed by atoms with Crippen LogP contribution in [-0.4, -0.2) is 19.1 Å². The topological polar surface area (TPSA) is 38.3 Å². The average Bonchev–Trinajstić information content (AvgIpc) is 2.72. The van der Waals surface area contributed by atoms with Gasteiger partial charge in [0.2, 0.25) is 0 Å². The van der Waals surface area contributed by atoms with Crippen LogP contribution < -0.4 is 10.1 Å². The minimum Gasteiger partial charge on any atom is -0.493 e. The monoisotopic (exact) mass is 389 g/mol. The van der Waals surface area contributed by atoms with Crippen LogP contribution in [0.2, 0.25) is 0 Å². The number of carbonyl (C=O) groups is 1. The highest BCUT2D eigenvalue weighted by atomic mass is 16.5. The maximum absolute atomic E-state index is 12.5. The van der Waals surface area contributed by atoms with Crippen LogP contribution in [0.25, 0.3) is 0 Å². The highest BCUT2D eigenvalue weighted by Crippen LogP contribution is 2.18. The number of para-hydroxylation sites is 1. The molecular formula is C25H43NO2. The fourth-order valence-corrected chi connectivity index (χ4v) is 3.40. The molecule has 0 saturated heterocycles. The molecule has 0 heterocycles. The van der Waals surface area contributed by atoms with Gasteiger partial charge in [-0.15, -0.1) is 0 Å². The minimum absolute atomic E-state index is 0.0125. The van der Waals surface area contributed by atoms with E-state index in [0.717, 1.165) is 19.4 Å². The molecular weight excluding hydrogens is 346 g/mol. The fraction of sp³-hybridized carbons (Fsp3) is 0.720. The molecule has 160 valence electrons. The molecule has 1 amide bonds. The lowest BCUT2D eigenvalue weighted by atomic mass is 10.1. The van der Waals surface area contributed by atoms with Gasteiger partial charge >= 0.3 is 0 Å². The summed E-state index contributed by atoms with van der Waals surface area (Å²) in [6, 6.07) is 7.61. The lowest BCUT2D eigenvalue weighted by Crippen LogP contribution is -2.25. The fourth-order valence-electron chi connectivity index (χ4n) is 3.40. The Balaban J connectivity index is 2.19. The summed E-state index contributed by atoms with van der Waals surface area (Å²) < 4.78 is 5.90. The molecule has 3 nitrogen and oxygen atoms in total. The number of nitrogens with one attached hydrogen (secondary N) is 1. The molecule has 0 saturated carbocycles. The summed E-state index contributed by atoms with van der Waals surface area (Å²) in [6.07, 6.45) is 17.7. The minimum atomic E-state index is -0.0125. The van der Waals surface area contributed by atoms with E-state index in [1.807, 2.05) is 24.3 Å². The van der Waals surface area contributed by atoms with E-state index in [-0.39, 0.29) is 5.91 Å². The second-order valence-electron chi connectivity index (χ2n) is 7.84. The summed E-state index contributed by atoms with van der Waals surface area (Å²) in [5, 5.41) is 3.06. The first kappa shape index (κ1) is 24.5. The number of unbranched alkanes of at least 4 members (excludes halogenated alkanes) is 12. The van der Waals surface area contributed by atoms with E-state index in [9.17, 15) is 4.79 Å². The van der Waals surface area contributed by atoms with E-state index >= 15 is 0 Å². The smallest absolute Gasteiger partial charge is 0.255 e. The van der Waals surface area contributed by atoms with Gasteiger partial charge in [0, 0.05) is 6.54 Å². The van der Waals surface area contributed by atoms with Gasteiger partial charge in [0.15, 0.2) is 0 Å². The van der Waals surface area contributed by atoms with Crippen LogP contribution in [0, 0.1) is 0 Å². The highest BCUT2D eigenvalue weighted by Gasteiger charge is 2.11. The number of hydrogen-bond acceptors (Lipinski definition) is 2. The first-order chi connectivity index (χ1) is 13.8. The van der Waals surface area contributed by atoms with Crippen molar-refractivity contribution in [2.75, 3.05) is 13.2 Å². The van der Waals surface area contributed by atoms with Gasteiger partial charge in [0.05, 0.1) is 12.2 Å². The van der Waals surface area contributed by atoms with E-state index in [4.69, 9.17) is 4.74 Å². The molecule has 0 aliphatic heterocycles. The number of amides is 1. The van der Waals surface area contributed by atoms with Crippen molar-refractivity contribution in [1.82, 2.24) is 5.32 Å². The number of carbonyl (C=O) groups excluding carboxylic acids is 1. The Morgan fingerprint density at radius 1 is 0.750 bits per heavy atom. The zero-order valence-corrected chi connectivity index (χ0v) is 18.4. The van der Waals surface area contributed by atoms with Crippen molar-refractivity contribution in [3.8, 4) is 5.75 Å². The van der Waals surface area contributed by atoms with E-state index in [0.29, 0.717) is 17.9 Å². The molecule has 0 aromatic heterocycles. The third-order valence-corrected chi connectivity index (χ3v) is 5.20. The van der Waals surface area contributed by atoms with Crippen LogP contribution in [0.3, 0.4) is 0 Å². The molecule has 0 aliphatic carbocycles. The van der Waals surface area contributed by atoms with Gasteiger partial charge < -0.3 is 10.1 Å². The van der Waals surface area contributed by atoms with E-state index < -0.39 is 0 Å². The van der Waals surface area contributed by atoms with E-state index in [1.165, 1.54) is 77.0 Å². The summed E-state index contributed by atoms with van der Waals surface area (Å²) in [5.41, 5.74) is 0.660. The second-order valence-corrected chi connectivity index (χ2v) is 7.84. The third-order valence-electron chi connectivity index (χ3n) is 5.20. The van der Waals surface area contributed by atoms with Gasteiger partial charge in [-0.1, -0.05) is 103 Å². The predicted molar refractivity (Wildman–Crippen MR) is 120 cm³/mol. The van der Waals surface area contributed by atoms with E-state index in [1.54, 1.807) is 0 Å². The Morgan fingerprint density at radius 2 is 1.29 bits per heavy atom. The number of benzene rings is 1. The van der Waals surface area contributed by atoms with Gasteiger partial charge in [-0.2, -0.15) is 0 Å². The molecule has 0 unspecified atom stereocenters.